The number of carbonyl (C=O) groups is 2. The Morgan fingerprint density at radius 3 is 2.18 bits per heavy atom. The maximum absolute atomic E-state index is 12.8. The molecule has 0 radical (unpaired) electrons. The highest BCUT2D eigenvalue weighted by Gasteiger charge is 2.49. The summed E-state index contributed by atoms with van der Waals surface area (Å²) in [7, 11) is 1.55. The molecule has 0 aromatic heterocycles. The molecule has 6 heteroatoms. The van der Waals surface area contributed by atoms with Gasteiger partial charge in [-0.25, -0.2) is 4.79 Å². The SMILES string of the molecule is CO[C@H]1C[C@](C)(NC(=O)c2ccccc2)[C@@H](OC(=O)c2ccccc2)[C@H](C)O1. The van der Waals surface area contributed by atoms with Crippen LogP contribution in [0.25, 0.3) is 0 Å². The molecule has 148 valence electrons. The predicted molar refractivity (Wildman–Crippen MR) is 104 cm³/mol. The molecule has 1 aliphatic heterocycles. The fraction of sp³-hybridized carbons (Fsp3) is 0.364. The Balaban J connectivity index is 1.84. The Bertz CT molecular complexity index is 810. The first-order chi connectivity index (χ1) is 13.4. The quantitative estimate of drug-likeness (QED) is 0.803. The van der Waals surface area contributed by atoms with Crippen LogP contribution in [0.4, 0.5) is 0 Å². The second kappa shape index (κ2) is 8.54. The lowest BCUT2D eigenvalue weighted by molar-refractivity contribution is -0.230. The minimum absolute atomic E-state index is 0.243. The summed E-state index contributed by atoms with van der Waals surface area (Å²) in [5, 5.41) is 3.04. The molecule has 1 heterocycles. The van der Waals surface area contributed by atoms with Crippen LogP contribution in [-0.4, -0.2) is 43.0 Å². The minimum Gasteiger partial charge on any atom is -0.454 e. The predicted octanol–water partition coefficient (Wildman–Crippen LogP) is 3.18. The van der Waals surface area contributed by atoms with Crippen molar-refractivity contribution in [3.05, 3.63) is 71.8 Å². The van der Waals surface area contributed by atoms with Crippen molar-refractivity contribution in [2.45, 2.75) is 44.3 Å². The Morgan fingerprint density at radius 2 is 1.61 bits per heavy atom. The van der Waals surface area contributed by atoms with Gasteiger partial charge in [0.05, 0.1) is 17.2 Å². The normalized spacial score (nSPS) is 27.0. The van der Waals surface area contributed by atoms with Gasteiger partial charge in [-0.05, 0) is 38.1 Å². The van der Waals surface area contributed by atoms with Crippen molar-refractivity contribution in [2.24, 2.45) is 0 Å². The van der Waals surface area contributed by atoms with Crippen LogP contribution < -0.4 is 5.32 Å². The number of amides is 1. The van der Waals surface area contributed by atoms with E-state index in [9.17, 15) is 9.59 Å². The molecule has 28 heavy (non-hydrogen) atoms. The van der Waals surface area contributed by atoms with E-state index in [1.54, 1.807) is 62.6 Å². The standard InChI is InChI=1S/C22H25NO5/c1-15-19(28-21(25)17-12-8-5-9-13-17)22(2,14-18(26-3)27-15)23-20(24)16-10-6-4-7-11-16/h4-13,15,18-19H,14H2,1-3H3,(H,23,24)/t15-,18+,19-,22-/m0/s1. The monoisotopic (exact) mass is 383 g/mol. The molecular formula is C22H25NO5. The zero-order valence-electron chi connectivity index (χ0n) is 16.3. The molecule has 2 aromatic carbocycles. The molecule has 0 spiro atoms. The zero-order valence-corrected chi connectivity index (χ0v) is 16.3. The zero-order chi connectivity index (χ0) is 20.1. The van der Waals surface area contributed by atoms with Gasteiger partial charge in [0, 0.05) is 19.1 Å². The van der Waals surface area contributed by atoms with Crippen molar-refractivity contribution >= 4 is 11.9 Å². The van der Waals surface area contributed by atoms with Crippen LogP contribution in [0.2, 0.25) is 0 Å². The first-order valence-electron chi connectivity index (χ1n) is 9.25. The van der Waals surface area contributed by atoms with E-state index in [4.69, 9.17) is 14.2 Å². The van der Waals surface area contributed by atoms with Gasteiger partial charge in [0.2, 0.25) is 0 Å². The fourth-order valence-corrected chi connectivity index (χ4v) is 3.50. The number of esters is 1. The highest BCUT2D eigenvalue weighted by Crippen LogP contribution is 2.32. The summed E-state index contributed by atoms with van der Waals surface area (Å²) >= 11 is 0. The van der Waals surface area contributed by atoms with E-state index in [2.05, 4.69) is 5.32 Å². The van der Waals surface area contributed by atoms with E-state index in [1.807, 2.05) is 19.1 Å². The van der Waals surface area contributed by atoms with Crippen LogP contribution in [0.1, 0.15) is 41.0 Å². The molecule has 2 aromatic rings. The number of methoxy groups -OCH3 is 1. The second-order valence-electron chi connectivity index (χ2n) is 7.14. The molecule has 1 amide bonds. The molecule has 6 nitrogen and oxygen atoms in total. The van der Waals surface area contributed by atoms with Crippen molar-refractivity contribution in [2.75, 3.05) is 7.11 Å². The molecule has 1 saturated heterocycles. The summed E-state index contributed by atoms with van der Waals surface area (Å²) in [6.07, 6.45) is -1.31. The largest absolute Gasteiger partial charge is 0.454 e. The van der Waals surface area contributed by atoms with Gasteiger partial charge in [0.25, 0.3) is 5.91 Å². The van der Waals surface area contributed by atoms with Gasteiger partial charge in [0.1, 0.15) is 0 Å². The molecule has 1 N–H and O–H groups in total. The summed E-state index contributed by atoms with van der Waals surface area (Å²) in [4.78, 5) is 25.4. The lowest BCUT2D eigenvalue weighted by Crippen LogP contribution is -2.64. The van der Waals surface area contributed by atoms with Crippen LogP contribution in [0.15, 0.2) is 60.7 Å². The number of hydrogen-bond acceptors (Lipinski definition) is 5. The average Bonchev–Trinajstić information content (AvgIpc) is 2.71. The number of carbonyl (C=O) groups excluding carboxylic acids is 2. The summed E-state index contributed by atoms with van der Waals surface area (Å²) in [5.41, 5.74) is 0.112. The van der Waals surface area contributed by atoms with Crippen LogP contribution in [0, 0.1) is 0 Å². The number of rotatable bonds is 5. The average molecular weight is 383 g/mol. The van der Waals surface area contributed by atoms with Gasteiger partial charge in [0.15, 0.2) is 12.4 Å². The van der Waals surface area contributed by atoms with Crippen molar-refractivity contribution < 1.29 is 23.8 Å². The molecule has 1 aliphatic rings. The minimum atomic E-state index is -0.865. The van der Waals surface area contributed by atoms with E-state index in [0.29, 0.717) is 17.5 Å². The van der Waals surface area contributed by atoms with Gasteiger partial charge >= 0.3 is 5.97 Å². The Kier molecular flexibility index (Phi) is 6.11. The van der Waals surface area contributed by atoms with Gasteiger partial charge in [-0.1, -0.05) is 36.4 Å². The van der Waals surface area contributed by atoms with Gasteiger partial charge < -0.3 is 19.5 Å². The Labute approximate surface area is 164 Å². The third-order valence-electron chi connectivity index (χ3n) is 4.95. The molecule has 0 saturated carbocycles. The molecule has 0 bridgehead atoms. The topological polar surface area (TPSA) is 73.9 Å². The van der Waals surface area contributed by atoms with Gasteiger partial charge in [-0.3, -0.25) is 4.79 Å². The van der Waals surface area contributed by atoms with Crippen molar-refractivity contribution in [3.8, 4) is 0 Å². The number of benzene rings is 2. The summed E-state index contributed by atoms with van der Waals surface area (Å²) in [6.45, 7) is 3.66. The third kappa shape index (κ3) is 4.40. The number of hydrogen-bond donors (Lipinski definition) is 1. The number of nitrogens with one attached hydrogen (secondary N) is 1. The molecule has 0 unspecified atom stereocenters. The van der Waals surface area contributed by atoms with E-state index in [-0.39, 0.29) is 5.91 Å². The lowest BCUT2D eigenvalue weighted by Gasteiger charge is -2.46. The summed E-state index contributed by atoms with van der Waals surface area (Å²) in [6, 6.07) is 17.7. The highest BCUT2D eigenvalue weighted by molar-refractivity contribution is 5.94. The van der Waals surface area contributed by atoms with Crippen LogP contribution in [0.5, 0.6) is 0 Å². The van der Waals surface area contributed by atoms with Crippen molar-refractivity contribution in [3.63, 3.8) is 0 Å². The third-order valence-corrected chi connectivity index (χ3v) is 4.95. The maximum atomic E-state index is 12.8. The number of ether oxygens (including phenoxy) is 3. The van der Waals surface area contributed by atoms with Crippen LogP contribution in [-0.2, 0) is 14.2 Å². The van der Waals surface area contributed by atoms with Crippen molar-refractivity contribution in [1.29, 1.82) is 0 Å². The highest BCUT2D eigenvalue weighted by atomic mass is 16.7. The van der Waals surface area contributed by atoms with Gasteiger partial charge in [-0.2, -0.15) is 0 Å². The smallest absolute Gasteiger partial charge is 0.338 e. The summed E-state index contributed by atoms with van der Waals surface area (Å²) in [5.74, 6) is -0.704. The first-order valence-corrected chi connectivity index (χ1v) is 9.25. The Morgan fingerprint density at radius 1 is 1.04 bits per heavy atom. The van der Waals surface area contributed by atoms with E-state index in [0.717, 1.165) is 0 Å². The molecule has 4 atom stereocenters. The Hall–Kier alpha value is -2.70. The molecule has 1 fully saturated rings. The molecule has 0 aliphatic carbocycles. The molecule has 3 rings (SSSR count). The van der Waals surface area contributed by atoms with Crippen LogP contribution in [0.3, 0.4) is 0 Å². The van der Waals surface area contributed by atoms with E-state index in [1.165, 1.54) is 0 Å². The maximum Gasteiger partial charge on any atom is 0.338 e. The molecular weight excluding hydrogens is 358 g/mol. The second-order valence-corrected chi connectivity index (χ2v) is 7.14. The lowest BCUT2D eigenvalue weighted by atomic mass is 9.84. The van der Waals surface area contributed by atoms with E-state index < -0.39 is 30.0 Å². The first kappa shape index (κ1) is 20.0. The van der Waals surface area contributed by atoms with Crippen LogP contribution >= 0.6 is 0 Å². The fourth-order valence-electron chi connectivity index (χ4n) is 3.50. The van der Waals surface area contributed by atoms with Crippen molar-refractivity contribution in [1.82, 2.24) is 5.32 Å². The van der Waals surface area contributed by atoms with Gasteiger partial charge in [-0.15, -0.1) is 0 Å². The van der Waals surface area contributed by atoms with E-state index >= 15 is 0 Å². The summed E-state index contributed by atoms with van der Waals surface area (Å²) < 4.78 is 17.0.